The molecule has 0 spiro atoms. The molecule has 1 atom stereocenters. The molecule has 3 rings (SSSR count). The van der Waals surface area contributed by atoms with Crippen molar-refractivity contribution in [2.45, 2.75) is 84.0 Å². The highest BCUT2D eigenvalue weighted by Gasteiger charge is 2.28. The smallest absolute Gasteiger partial charge is 0.277 e. The summed E-state index contributed by atoms with van der Waals surface area (Å²) in [4.78, 5) is 2.98. The van der Waals surface area contributed by atoms with E-state index in [-0.39, 0.29) is 11.8 Å². The van der Waals surface area contributed by atoms with Gasteiger partial charge in [0.05, 0.1) is 17.7 Å². The van der Waals surface area contributed by atoms with Gasteiger partial charge in [0, 0.05) is 5.56 Å². The van der Waals surface area contributed by atoms with Gasteiger partial charge in [0.15, 0.2) is 0 Å². The van der Waals surface area contributed by atoms with Gasteiger partial charge in [-0.25, -0.2) is 0 Å². The van der Waals surface area contributed by atoms with Crippen LogP contribution >= 0.6 is 0 Å². The summed E-state index contributed by atoms with van der Waals surface area (Å²) in [6.45, 7) is 14.6. The van der Waals surface area contributed by atoms with Crippen molar-refractivity contribution in [2.75, 3.05) is 7.11 Å². The number of rotatable bonds is 7. The maximum Gasteiger partial charge on any atom is 0.277 e. The molecule has 1 aliphatic carbocycles. The van der Waals surface area contributed by atoms with E-state index >= 15 is 0 Å². The standard InChI is InChI=1S/C27H38N2O3S/c1-16(2)20-14-24(17(3)4)27(25(15-20)18(5)6)33(30,31)29-28-26-12-19(7)11-21-13-22(32-8)9-10-23(21)26/h9-10,13-19,29H,11-12H2,1-8H3. The fourth-order valence-electron chi connectivity index (χ4n) is 4.50. The number of sulfonamides is 1. The number of hydrogen-bond acceptors (Lipinski definition) is 4. The molecule has 0 heterocycles. The molecule has 0 saturated carbocycles. The molecule has 2 aromatic carbocycles. The Morgan fingerprint density at radius 2 is 1.55 bits per heavy atom. The summed E-state index contributed by atoms with van der Waals surface area (Å²) in [5.41, 5.74) is 5.75. The van der Waals surface area contributed by atoms with Crippen LogP contribution in [0.25, 0.3) is 0 Å². The molecule has 0 amide bonds. The molecular formula is C27H38N2O3S. The average molecular weight is 471 g/mol. The van der Waals surface area contributed by atoms with Crippen molar-refractivity contribution in [3.05, 3.63) is 58.1 Å². The third kappa shape index (κ3) is 5.43. The highest BCUT2D eigenvalue weighted by Crippen LogP contribution is 2.35. The molecule has 1 unspecified atom stereocenters. The largest absolute Gasteiger partial charge is 0.497 e. The van der Waals surface area contributed by atoms with E-state index in [9.17, 15) is 8.42 Å². The topological polar surface area (TPSA) is 67.8 Å². The van der Waals surface area contributed by atoms with Crippen LogP contribution in [0.5, 0.6) is 5.75 Å². The number of ether oxygens (including phenoxy) is 1. The molecule has 0 fully saturated rings. The van der Waals surface area contributed by atoms with E-state index in [4.69, 9.17) is 4.74 Å². The third-order valence-electron chi connectivity index (χ3n) is 6.38. The summed E-state index contributed by atoms with van der Waals surface area (Å²) in [6.07, 6.45) is 1.65. The Bertz CT molecular complexity index is 1120. The predicted octanol–water partition coefficient (Wildman–Crippen LogP) is 6.33. The molecule has 0 aliphatic heterocycles. The summed E-state index contributed by atoms with van der Waals surface area (Å²) in [5.74, 6) is 1.64. The van der Waals surface area contributed by atoms with Crippen LogP contribution in [-0.4, -0.2) is 21.2 Å². The lowest BCUT2D eigenvalue weighted by molar-refractivity contribution is 0.413. The minimum atomic E-state index is -3.85. The first-order valence-electron chi connectivity index (χ1n) is 11.9. The van der Waals surface area contributed by atoms with Gasteiger partial charge in [-0.2, -0.15) is 18.4 Å². The van der Waals surface area contributed by atoms with Gasteiger partial charge in [-0.05, 0) is 77.0 Å². The maximum absolute atomic E-state index is 13.7. The quantitative estimate of drug-likeness (QED) is 0.481. The van der Waals surface area contributed by atoms with Crippen molar-refractivity contribution >= 4 is 15.7 Å². The second kappa shape index (κ2) is 9.88. The van der Waals surface area contributed by atoms with Crippen LogP contribution in [0.15, 0.2) is 40.3 Å². The number of nitrogens with zero attached hydrogens (tertiary/aromatic N) is 1. The summed E-state index contributed by atoms with van der Waals surface area (Å²) in [7, 11) is -2.20. The molecule has 0 aromatic heterocycles. The van der Waals surface area contributed by atoms with Gasteiger partial charge in [-0.1, -0.05) is 60.6 Å². The highest BCUT2D eigenvalue weighted by molar-refractivity contribution is 7.89. The Labute approximate surface area is 199 Å². The summed E-state index contributed by atoms with van der Waals surface area (Å²) < 4.78 is 32.7. The van der Waals surface area contributed by atoms with Gasteiger partial charge in [-0.3, -0.25) is 0 Å². The zero-order valence-corrected chi connectivity index (χ0v) is 22.0. The van der Waals surface area contributed by atoms with Gasteiger partial charge in [0.1, 0.15) is 5.75 Å². The van der Waals surface area contributed by atoms with E-state index in [0.29, 0.717) is 16.7 Å². The van der Waals surface area contributed by atoms with Gasteiger partial charge < -0.3 is 4.74 Å². The van der Waals surface area contributed by atoms with Gasteiger partial charge >= 0.3 is 0 Å². The summed E-state index contributed by atoms with van der Waals surface area (Å²) >= 11 is 0. The molecule has 0 bridgehead atoms. The second-order valence-electron chi connectivity index (χ2n) is 10.2. The lowest BCUT2D eigenvalue weighted by atomic mass is 9.83. The maximum atomic E-state index is 13.7. The Kier molecular flexibility index (Phi) is 7.57. The summed E-state index contributed by atoms with van der Waals surface area (Å²) in [5, 5.41) is 4.47. The number of hydrogen-bond donors (Lipinski definition) is 1. The zero-order chi connectivity index (χ0) is 24.5. The average Bonchev–Trinajstić information content (AvgIpc) is 2.75. The first kappa shape index (κ1) is 25.3. The fourth-order valence-corrected chi connectivity index (χ4v) is 6.03. The monoisotopic (exact) mass is 470 g/mol. The molecule has 1 N–H and O–H groups in total. The van der Waals surface area contributed by atoms with Crippen LogP contribution in [0.1, 0.15) is 100 Å². The normalized spacial score (nSPS) is 17.7. The molecule has 33 heavy (non-hydrogen) atoms. The zero-order valence-electron chi connectivity index (χ0n) is 21.2. The third-order valence-corrected chi connectivity index (χ3v) is 7.72. The van der Waals surface area contributed by atoms with Gasteiger partial charge in [-0.15, -0.1) is 0 Å². The Hall–Kier alpha value is -2.34. The van der Waals surface area contributed by atoms with E-state index in [2.05, 4.69) is 30.7 Å². The van der Waals surface area contributed by atoms with Crippen molar-refractivity contribution < 1.29 is 13.2 Å². The molecule has 1 aliphatic rings. The van der Waals surface area contributed by atoms with Crippen LogP contribution in [0.2, 0.25) is 0 Å². The molecule has 0 radical (unpaired) electrons. The number of nitrogens with one attached hydrogen (secondary N) is 1. The van der Waals surface area contributed by atoms with Crippen molar-refractivity contribution in [2.24, 2.45) is 11.0 Å². The van der Waals surface area contributed by atoms with Crippen molar-refractivity contribution in [1.82, 2.24) is 4.83 Å². The van der Waals surface area contributed by atoms with Crippen LogP contribution in [-0.2, 0) is 16.4 Å². The molecular weight excluding hydrogens is 432 g/mol. The minimum Gasteiger partial charge on any atom is -0.497 e. The molecule has 6 heteroatoms. The second-order valence-corrected chi connectivity index (χ2v) is 11.8. The van der Waals surface area contributed by atoms with E-state index in [1.54, 1.807) is 7.11 Å². The van der Waals surface area contributed by atoms with E-state index in [1.807, 2.05) is 58.0 Å². The van der Waals surface area contributed by atoms with E-state index in [1.165, 1.54) is 0 Å². The molecule has 180 valence electrons. The Morgan fingerprint density at radius 1 is 0.939 bits per heavy atom. The van der Waals surface area contributed by atoms with Crippen LogP contribution in [0.4, 0.5) is 0 Å². The van der Waals surface area contributed by atoms with Gasteiger partial charge in [0.25, 0.3) is 10.0 Å². The molecule has 5 nitrogen and oxygen atoms in total. The Morgan fingerprint density at radius 3 is 2.06 bits per heavy atom. The predicted molar refractivity (Wildman–Crippen MR) is 136 cm³/mol. The lowest BCUT2D eigenvalue weighted by Gasteiger charge is -2.25. The van der Waals surface area contributed by atoms with Crippen molar-refractivity contribution in [1.29, 1.82) is 0 Å². The SMILES string of the molecule is COc1ccc2c(c1)CC(C)CC2=NNS(=O)(=O)c1c(C(C)C)cc(C(C)C)cc1C(C)C. The lowest BCUT2D eigenvalue weighted by Crippen LogP contribution is -2.26. The van der Waals surface area contributed by atoms with Crippen molar-refractivity contribution in [3.8, 4) is 5.75 Å². The van der Waals surface area contributed by atoms with E-state index < -0.39 is 10.0 Å². The first-order valence-corrected chi connectivity index (χ1v) is 13.4. The number of hydrazone groups is 1. The van der Waals surface area contributed by atoms with Crippen LogP contribution < -0.4 is 9.57 Å². The van der Waals surface area contributed by atoms with Crippen LogP contribution in [0, 0.1) is 5.92 Å². The van der Waals surface area contributed by atoms with Crippen molar-refractivity contribution in [3.63, 3.8) is 0 Å². The van der Waals surface area contributed by atoms with Crippen LogP contribution in [0.3, 0.4) is 0 Å². The Balaban J connectivity index is 2.09. The molecule has 2 aromatic rings. The first-order chi connectivity index (χ1) is 15.4. The summed E-state index contributed by atoms with van der Waals surface area (Å²) in [6, 6.07) is 9.99. The number of methoxy groups -OCH3 is 1. The molecule has 0 saturated heterocycles. The number of fused-ring (bicyclic) bond motifs is 1. The minimum absolute atomic E-state index is 0.0725. The number of benzene rings is 2. The van der Waals surface area contributed by atoms with Gasteiger partial charge in [0.2, 0.25) is 0 Å². The highest BCUT2D eigenvalue weighted by atomic mass is 32.2. The van der Waals surface area contributed by atoms with E-state index in [0.717, 1.165) is 52.1 Å². The fraction of sp³-hybridized carbons (Fsp3) is 0.519.